The van der Waals surface area contributed by atoms with Gasteiger partial charge in [0, 0.05) is 37.7 Å². The van der Waals surface area contributed by atoms with E-state index in [1.54, 1.807) is 0 Å². The molecule has 1 saturated heterocycles. The molecule has 1 aliphatic rings. The second-order valence-corrected chi connectivity index (χ2v) is 7.95. The predicted octanol–water partition coefficient (Wildman–Crippen LogP) is 4.58. The molecule has 0 aromatic heterocycles. The third-order valence-electron chi connectivity index (χ3n) is 5.23. The van der Waals surface area contributed by atoms with Crippen LogP contribution in [0.5, 0.6) is 5.75 Å². The summed E-state index contributed by atoms with van der Waals surface area (Å²) in [6.07, 6.45) is 3.81. The molecule has 0 bridgehead atoms. The largest absolute Gasteiger partial charge is 0.481 e. The van der Waals surface area contributed by atoms with Gasteiger partial charge in [-0.05, 0) is 49.6 Å². The van der Waals surface area contributed by atoms with Gasteiger partial charge in [0.25, 0.3) is 5.91 Å². The minimum Gasteiger partial charge on any atom is -0.481 e. The molecule has 2 aromatic rings. The van der Waals surface area contributed by atoms with Gasteiger partial charge < -0.3 is 9.64 Å². The Kier molecular flexibility index (Phi) is 7.34. The van der Waals surface area contributed by atoms with Gasteiger partial charge in [0.1, 0.15) is 5.75 Å². The van der Waals surface area contributed by atoms with Crippen LogP contribution in [0, 0.1) is 13.8 Å². The van der Waals surface area contributed by atoms with Crippen LogP contribution < -0.4 is 4.74 Å². The number of carbonyl (C=O) groups is 1. The maximum Gasteiger partial charge on any atom is 0.263 e. The molecule has 1 heterocycles. The Bertz CT molecular complexity index is 835. The average Bonchev–Trinajstić information content (AvgIpc) is 2.72. The first-order chi connectivity index (χ1) is 13.9. The first-order valence-electron chi connectivity index (χ1n) is 10.1. The van der Waals surface area contributed by atoms with Crippen LogP contribution in [0.2, 0.25) is 5.02 Å². The maximum atomic E-state index is 12.8. The number of hydrogen-bond donors (Lipinski definition) is 0. The van der Waals surface area contributed by atoms with Crippen LogP contribution in [-0.2, 0) is 4.79 Å². The summed E-state index contributed by atoms with van der Waals surface area (Å²) in [5, 5.41) is 0.744. The number of hydrogen-bond acceptors (Lipinski definition) is 3. The van der Waals surface area contributed by atoms with Crippen LogP contribution >= 0.6 is 11.6 Å². The molecular formula is C24H29ClN2O2. The predicted molar refractivity (Wildman–Crippen MR) is 120 cm³/mol. The second kappa shape index (κ2) is 9.95. The summed E-state index contributed by atoms with van der Waals surface area (Å²) in [6.45, 7) is 9.80. The first kappa shape index (κ1) is 21.4. The van der Waals surface area contributed by atoms with Crippen LogP contribution in [0.3, 0.4) is 0 Å². The van der Waals surface area contributed by atoms with Gasteiger partial charge in [-0.3, -0.25) is 9.69 Å². The molecule has 0 saturated carbocycles. The van der Waals surface area contributed by atoms with Crippen molar-refractivity contribution in [2.45, 2.75) is 26.9 Å². The lowest BCUT2D eigenvalue weighted by atomic mass is 10.1. The highest BCUT2D eigenvalue weighted by molar-refractivity contribution is 6.32. The SMILES string of the molecule is Cc1cc(O[C@H](C)C(=O)N2CCN(C/C=C/c3ccccc3)CC2)cc(C)c1Cl. The van der Waals surface area contributed by atoms with Gasteiger partial charge in [-0.15, -0.1) is 0 Å². The summed E-state index contributed by atoms with van der Waals surface area (Å²) in [7, 11) is 0. The fraction of sp³-hybridized carbons (Fsp3) is 0.375. The number of nitrogens with zero attached hydrogens (tertiary/aromatic N) is 2. The number of ether oxygens (including phenoxy) is 1. The van der Waals surface area contributed by atoms with Gasteiger partial charge in [0.2, 0.25) is 0 Å². The third kappa shape index (κ3) is 5.84. The highest BCUT2D eigenvalue weighted by atomic mass is 35.5. The molecule has 0 radical (unpaired) electrons. The minimum atomic E-state index is -0.514. The molecule has 0 spiro atoms. The van der Waals surface area contributed by atoms with E-state index in [1.165, 1.54) is 5.56 Å². The Morgan fingerprint density at radius 2 is 1.72 bits per heavy atom. The molecule has 0 N–H and O–H groups in total. The molecule has 0 unspecified atom stereocenters. The summed E-state index contributed by atoms with van der Waals surface area (Å²) in [6, 6.07) is 14.1. The Labute approximate surface area is 178 Å². The number of aryl methyl sites for hydroxylation is 2. The van der Waals surface area contributed by atoms with Gasteiger partial charge in [0.05, 0.1) is 0 Å². The van der Waals surface area contributed by atoms with E-state index in [0.717, 1.165) is 48.9 Å². The lowest BCUT2D eigenvalue weighted by molar-refractivity contribution is -0.139. The summed E-state index contributed by atoms with van der Waals surface area (Å²) in [5.41, 5.74) is 3.12. The van der Waals surface area contributed by atoms with Gasteiger partial charge in [-0.2, -0.15) is 0 Å². The topological polar surface area (TPSA) is 32.8 Å². The number of piperazine rings is 1. The van der Waals surface area contributed by atoms with Crippen molar-refractivity contribution in [3.63, 3.8) is 0 Å². The number of halogens is 1. The van der Waals surface area contributed by atoms with E-state index < -0.39 is 6.10 Å². The van der Waals surface area contributed by atoms with Gasteiger partial charge >= 0.3 is 0 Å². The molecule has 0 aliphatic carbocycles. The minimum absolute atomic E-state index is 0.0368. The van der Waals surface area contributed by atoms with E-state index in [1.807, 2.05) is 56.0 Å². The Balaban J connectivity index is 1.47. The van der Waals surface area contributed by atoms with Crippen LogP contribution in [0.15, 0.2) is 48.5 Å². The van der Waals surface area contributed by atoms with Crippen molar-refractivity contribution < 1.29 is 9.53 Å². The van der Waals surface area contributed by atoms with Crippen molar-refractivity contribution in [3.8, 4) is 5.75 Å². The highest BCUT2D eigenvalue weighted by Gasteiger charge is 2.25. The second-order valence-electron chi connectivity index (χ2n) is 7.57. The van der Waals surface area contributed by atoms with Crippen molar-refractivity contribution in [1.29, 1.82) is 0 Å². The molecule has 1 amide bonds. The van der Waals surface area contributed by atoms with Crippen molar-refractivity contribution in [1.82, 2.24) is 9.80 Å². The fourth-order valence-electron chi connectivity index (χ4n) is 3.54. The zero-order valence-electron chi connectivity index (χ0n) is 17.4. The van der Waals surface area contributed by atoms with Gasteiger partial charge in [0.15, 0.2) is 6.10 Å². The smallest absolute Gasteiger partial charge is 0.263 e. The van der Waals surface area contributed by atoms with Crippen molar-refractivity contribution in [2.75, 3.05) is 32.7 Å². The standard InChI is InChI=1S/C24H29ClN2O2/c1-18-16-22(17-19(2)23(18)25)29-20(3)24(28)27-14-12-26(13-15-27)11-7-10-21-8-5-4-6-9-21/h4-10,16-17,20H,11-15H2,1-3H3/b10-7+/t20-/m1/s1. The van der Waals surface area contributed by atoms with Gasteiger partial charge in [-0.25, -0.2) is 0 Å². The third-order valence-corrected chi connectivity index (χ3v) is 5.82. The highest BCUT2D eigenvalue weighted by Crippen LogP contribution is 2.26. The zero-order valence-corrected chi connectivity index (χ0v) is 18.2. The Morgan fingerprint density at radius 1 is 1.10 bits per heavy atom. The normalized spacial score (nSPS) is 16.2. The molecule has 154 valence electrons. The maximum absolute atomic E-state index is 12.8. The lowest BCUT2D eigenvalue weighted by Crippen LogP contribution is -2.51. The van der Waals surface area contributed by atoms with E-state index in [2.05, 4.69) is 29.2 Å². The summed E-state index contributed by atoms with van der Waals surface area (Å²) < 4.78 is 5.91. The molecule has 1 fully saturated rings. The van der Waals surface area contributed by atoms with Crippen LogP contribution in [-0.4, -0.2) is 54.5 Å². The number of carbonyl (C=O) groups excluding carboxylic acids is 1. The molecule has 29 heavy (non-hydrogen) atoms. The quantitative estimate of drug-likeness (QED) is 0.696. The molecule has 5 heteroatoms. The van der Waals surface area contributed by atoms with E-state index >= 15 is 0 Å². The van der Waals surface area contributed by atoms with Crippen molar-refractivity contribution >= 4 is 23.6 Å². The average molecular weight is 413 g/mol. The zero-order chi connectivity index (χ0) is 20.8. The molecule has 1 atom stereocenters. The lowest BCUT2D eigenvalue weighted by Gasteiger charge is -2.35. The monoisotopic (exact) mass is 412 g/mol. The van der Waals surface area contributed by atoms with Crippen LogP contribution in [0.4, 0.5) is 0 Å². The first-order valence-corrected chi connectivity index (χ1v) is 10.5. The number of rotatable bonds is 6. The summed E-state index contributed by atoms with van der Waals surface area (Å²) >= 11 is 6.21. The molecule has 4 nitrogen and oxygen atoms in total. The Hall–Kier alpha value is -2.30. The number of amides is 1. The molecule has 3 rings (SSSR count). The van der Waals surface area contributed by atoms with Crippen molar-refractivity contribution in [2.24, 2.45) is 0 Å². The molecule has 1 aliphatic heterocycles. The number of benzene rings is 2. The Morgan fingerprint density at radius 3 is 2.34 bits per heavy atom. The summed E-state index contributed by atoms with van der Waals surface area (Å²) in [5.74, 6) is 0.727. The van der Waals surface area contributed by atoms with E-state index in [9.17, 15) is 4.79 Å². The summed E-state index contributed by atoms with van der Waals surface area (Å²) in [4.78, 5) is 17.0. The van der Waals surface area contributed by atoms with E-state index in [4.69, 9.17) is 16.3 Å². The van der Waals surface area contributed by atoms with Crippen LogP contribution in [0.1, 0.15) is 23.6 Å². The van der Waals surface area contributed by atoms with Crippen molar-refractivity contribution in [3.05, 3.63) is 70.3 Å². The fourth-order valence-corrected chi connectivity index (χ4v) is 3.65. The molecule has 2 aromatic carbocycles. The molecular weight excluding hydrogens is 384 g/mol. The van der Waals surface area contributed by atoms with E-state index in [0.29, 0.717) is 5.75 Å². The van der Waals surface area contributed by atoms with E-state index in [-0.39, 0.29) is 5.91 Å². The van der Waals surface area contributed by atoms with Crippen LogP contribution in [0.25, 0.3) is 6.08 Å². The van der Waals surface area contributed by atoms with Gasteiger partial charge in [-0.1, -0.05) is 54.1 Å².